The van der Waals surface area contributed by atoms with E-state index >= 15 is 0 Å². The van der Waals surface area contributed by atoms with Gasteiger partial charge in [-0.15, -0.1) is 12.4 Å². The van der Waals surface area contributed by atoms with Crippen molar-refractivity contribution in [3.63, 3.8) is 0 Å². The highest BCUT2D eigenvalue weighted by atomic mass is 35.5. The second kappa shape index (κ2) is 8.68. The third kappa shape index (κ3) is 10.8. The molecule has 0 aromatic rings. The van der Waals surface area contributed by atoms with Gasteiger partial charge in [0.1, 0.15) is 0 Å². The van der Waals surface area contributed by atoms with Crippen molar-refractivity contribution in [2.75, 3.05) is 25.4 Å². The molecule has 0 aromatic heterocycles. The Morgan fingerprint density at radius 3 is 2.39 bits per heavy atom. The Labute approximate surface area is 115 Å². The van der Waals surface area contributed by atoms with Crippen LogP contribution >= 0.6 is 12.4 Å². The molecular weight excluding hydrogens is 280 g/mol. The highest BCUT2D eigenvalue weighted by Gasteiger charge is 2.20. The van der Waals surface area contributed by atoms with E-state index in [1.165, 1.54) is 6.92 Å². The molecule has 0 rings (SSSR count). The summed E-state index contributed by atoms with van der Waals surface area (Å²) in [5, 5.41) is 2.52. The first-order valence-corrected chi connectivity index (χ1v) is 7.08. The molecule has 0 saturated heterocycles. The van der Waals surface area contributed by atoms with Crippen molar-refractivity contribution in [2.24, 2.45) is 11.1 Å². The third-order valence-electron chi connectivity index (χ3n) is 2.13. The normalized spacial score (nSPS) is 11.8. The summed E-state index contributed by atoms with van der Waals surface area (Å²) >= 11 is 0. The zero-order chi connectivity index (χ0) is 13.5. The molecule has 0 aliphatic heterocycles. The molecule has 0 saturated carbocycles. The molecule has 1 amide bonds. The summed E-state index contributed by atoms with van der Waals surface area (Å²) in [5.74, 6) is -0.277. The lowest BCUT2D eigenvalue weighted by molar-refractivity contribution is -0.118. The summed E-state index contributed by atoms with van der Waals surface area (Å²) in [7, 11) is -3.53. The summed E-state index contributed by atoms with van der Waals surface area (Å²) < 4.78 is 27.8. The van der Waals surface area contributed by atoms with Crippen molar-refractivity contribution in [3.8, 4) is 0 Å². The number of rotatable bonds is 8. The van der Waals surface area contributed by atoms with Crippen molar-refractivity contribution in [1.29, 1.82) is 0 Å². The number of hydrogen-bond acceptors (Lipinski definition) is 5. The molecule has 0 aromatic carbocycles. The average molecular weight is 303 g/mol. The number of halogens is 1. The van der Waals surface area contributed by atoms with Gasteiger partial charge in [-0.05, 0) is 13.0 Å². The summed E-state index contributed by atoms with van der Waals surface area (Å²) in [5.41, 5.74) is 5.11. The number of carbonyl (C=O) groups excluding carboxylic acids is 1. The fourth-order valence-corrected chi connectivity index (χ4v) is 1.99. The molecule has 0 unspecified atom stereocenters. The summed E-state index contributed by atoms with van der Waals surface area (Å²) in [6.07, 6.45) is 0.338. The zero-order valence-electron chi connectivity index (χ0n) is 11.1. The summed E-state index contributed by atoms with van der Waals surface area (Å²) in [4.78, 5) is 10.6. The van der Waals surface area contributed by atoms with Crippen molar-refractivity contribution in [3.05, 3.63) is 0 Å². The minimum atomic E-state index is -3.53. The number of hydrogen-bond donors (Lipinski definition) is 2. The molecule has 0 fully saturated rings. The van der Waals surface area contributed by atoms with Gasteiger partial charge in [0.15, 0.2) is 0 Å². The lowest BCUT2D eigenvalue weighted by Gasteiger charge is -2.21. The van der Waals surface area contributed by atoms with E-state index in [1.54, 1.807) is 0 Å². The van der Waals surface area contributed by atoms with Crippen LogP contribution in [-0.2, 0) is 19.1 Å². The number of carbonyl (C=O) groups is 1. The van der Waals surface area contributed by atoms with Crippen LogP contribution in [0.5, 0.6) is 0 Å². The molecule has 0 radical (unpaired) electrons. The molecule has 6 nitrogen and oxygen atoms in total. The fraction of sp³-hybridized carbons (Fsp3) is 0.900. The predicted octanol–water partition coefficient (Wildman–Crippen LogP) is 0.266. The van der Waals surface area contributed by atoms with Gasteiger partial charge in [-0.1, -0.05) is 13.8 Å². The van der Waals surface area contributed by atoms with Crippen molar-refractivity contribution in [1.82, 2.24) is 5.32 Å². The molecule has 18 heavy (non-hydrogen) atoms. The van der Waals surface area contributed by atoms with Crippen LogP contribution in [0.25, 0.3) is 0 Å². The molecule has 3 N–H and O–H groups in total. The van der Waals surface area contributed by atoms with Gasteiger partial charge in [0, 0.05) is 18.9 Å². The van der Waals surface area contributed by atoms with Crippen LogP contribution in [0.4, 0.5) is 0 Å². The lowest BCUT2D eigenvalue weighted by atomic mass is 9.96. The topological polar surface area (TPSA) is 98.5 Å². The summed E-state index contributed by atoms with van der Waals surface area (Å²) in [6.45, 7) is 5.81. The smallest absolute Gasteiger partial charge is 0.267 e. The first-order valence-electron chi connectivity index (χ1n) is 5.50. The maximum Gasteiger partial charge on any atom is 0.267 e. The maximum absolute atomic E-state index is 11.5. The SMILES string of the molecule is CC(=O)NCCCS(=O)(=O)OCC(C)(C)CN.Cl. The first kappa shape index (κ1) is 20.0. The van der Waals surface area contributed by atoms with Gasteiger partial charge in [0.25, 0.3) is 10.1 Å². The van der Waals surface area contributed by atoms with Crippen LogP contribution in [0.2, 0.25) is 0 Å². The molecular formula is C10H23ClN2O4S. The van der Waals surface area contributed by atoms with Crippen molar-refractivity contribution < 1.29 is 17.4 Å². The van der Waals surface area contributed by atoms with Gasteiger partial charge >= 0.3 is 0 Å². The van der Waals surface area contributed by atoms with Crippen molar-refractivity contribution in [2.45, 2.75) is 27.2 Å². The molecule has 0 atom stereocenters. The van der Waals surface area contributed by atoms with Crippen LogP contribution in [0.15, 0.2) is 0 Å². The second-order valence-electron chi connectivity index (χ2n) is 4.73. The Bertz CT molecular complexity index is 344. The predicted molar refractivity (Wildman–Crippen MR) is 73.1 cm³/mol. The van der Waals surface area contributed by atoms with Crippen LogP contribution in [0.1, 0.15) is 27.2 Å². The minimum absolute atomic E-state index is 0. The molecule has 0 aliphatic rings. The van der Waals surface area contributed by atoms with Crippen LogP contribution in [0.3, 0.4) is 0 Å². The Morgan fingerprint density at radius 2 is 1.94 bits per heavy atom. The molecule has 0 heterocycles. The standard InChI is InChI=1S/C10H22N2O4S.ClH/c1-9(13)12-5-4-6-17(14,15)16-8-10(2,3)7-11;/h4-8,11H2,1-3H3,(H,12,13);1H. The van der Waals surface area contributed by atoms with Crippen LogP contribution in [0, 0.1) is 5.41 Å². The highest BCUT2D eigenvalue weighted by molar-refractivity contribution is 7.86. The molecule has 0 aliphatic carbocycles. The van der Waals surface area contributed by atoms with Gasteiger partial charge < -0.3 is 11.1 Å². The fourth-order valence-electron chi connectivity index (χ4n) is 0.881. The largest absolute Gasteiger partial charge is 0.356 e. The van der Waals surface area contributed by atoms with Gasteiger partial charge in [-0.3, -0.25) is 8.98 Å². The van der Waals surface area contributed by atoms with Gasteiger partial charge in [-0.2, -0.15) is 8.42 Å². The average Bonchev–Trinajstić information content (AvgIpc) is 2.22. The Morgan fingerprint density at radius 1 is 1.39 bits per heavy atom. The van der Waals surface area contributed by atoms with Gasteiger partial charge in [-0.25, -0.2) is 0 Å². The van der Waals surface area contributed by atoms with E-state index in [9.17, 15) is 13.2 Å². The quantitative estimate of drug-likeness (QED) is 0.495. The third-order valence-corrected chi connectivity index (χ3v) is 3.39. The van der Waals surface area contributed by atoms with E-state index in [4.69, 9.17) is 9.92 Å². The van der Waals surface area contributed by atoms with E-state index in [-0.39, 0.29) is 36.1 Å². The van der Waals surface area contributed by atoms with E-state index in [0.29, 0.717) is 19.5 Å². The molecule has 8 heteroatoms. The number of nitrogens with two attached hydrogens (primary N) is 1. The van der Waals surface area contributed by atoms with Crippen LogP contribution < -0.4 is 11.1 Å². The van der Waals surface area contributed by atoms with Crippen LogP contribution in [-0.4, -0.2) is 39.8 Å². The monoisotopic (exact) mass is 302 g/mol. The van der Waals surface area contributed by atoms with Gasteiger partial charge in [0.2, 0.25) is 5.91 Å². The van der Waals surface area contributed by atoms with Crippen molar-refractivity contribution >= 4 is 28.4 Å². The number of amides is 1. The molecule has 0 spiro atoms. The van der Waals surface area contributed by atoms with E-state index in [2.05, 4.69) is 5.32 Å². The summed E-state index contributed by atoms with van der Waals surface area (Å²) in [6, 6.07) is 0. The lowest BCUT2D eigenvalue weighted by Crippen LogP contribution is -2.31. The van der Waals surface area contributed by atoms with E-state index in [1.807, 2.05) is 13.8 Å². The van der Waals surface area contributed by atoms with E-state index in [0.717, 1.165) is 0 Å². The number of nitrogens with one attached hydrogen (secondary N) is 1. The first-order chi connectivity index (χ1) is 7.68. The van der Waals surface area contributed by atoms with E-state index < -0.39 is 10.1 Å². The Hall–Kier alpha value is -0.370. The Kier molecular flexibility index (Phi) is 9.63. The second-order valence-corrected chi connectivity index (χ2v) is 6.49. The maximum atomic E-state index is 11.5. The zero-order valence-corrected chi connectivity index (χ0v) is 12.7. The molecule has 0 bridgehead atoms. The Balaban J connectivity index is 0. The molecule has 110 valence electrons. The minimum Gasteiger partial charge on any atom is -0.356 e. The van der Waals surface area contributed by atoms with Gasteiger partial charge in [0.05, 0.1) is 12.4 Å². The highest BCUT2D eigenvalue weighted by Crippen LogP contribution is 2.14.